The number of aromatic nitrogens is 1. The van der Waals surface area contributed by atoms with Gasteiger partial charge in [0.1, 0.15) is 13.4 Å². The van der Waals surface area contributed by atoms with Crippen molar-refractivity contribution in [2.75, 3.05) is 18.5 Å². The number of anilines is 1. The van der Waals surface area contributed by atoms with Crippen LogP contribution in [0.3, 0.4) is 0 Å². The molecule has 0 bridgehead atoms. The summed E-state index contributed by atoms with van der Waals surface area (Å²) in [6, 6.07) is 6.11. The van der Waals surface area contributed by atoms with Gasteiger partial charge in [0.2, 0.25) is 5.91 Å². The summed E-state index contributed by atoms with van der Waals surface area (Å²) in [6.07, 6.45) is 8.69. The highest BCUT2D eigenvalue weighted by atomic mass is 16.5. The van der Waals surface area contributed by atoms with Crippen molar-refractivity contribution in [2.24, 2.45) is 5.92 Å². The molecule has 138 valence electrons. The topological polar surface area (TPSA) is 63.5 Å². The Bertz CT molecular complexity index is 807. The quantitative estimate of drug-likeness (QED) is 0.774. The Morgan fingerprint density at radius 3 is 2.81 bits per heavy atom. The largest absolute Gasteiger partial charge is 0.383 e. The zero-order valence-electron chi connectivity index (χ0n) is 15.5. The first-order chi connectivity index (χ1) is 12.5. The van der Waals surface area contributed by atoms with Crippen LogP contribution in [0.1, 0.15) is 38.5 Å². The van der Waals surface area contributed by atoms with E-state index in [1.54, 1.807) is 0 Å². The highest BCUT2D eigenvalue weighted by molar-refractivity contribution is 6.40. The van der Waals surface area contributed by atoms with E-state index >= 15 is 0 Å². The number of nitrogens with one attached hydrogen (secondary N) is 1. The SMILES string of the molecule is Bc1cccc2c1c(NC(=O)CCC1CCCC1)cn2CC1(O)COC1. The molecular formula is C20H27BN2O3. The van der Waals surface area contributed by atoms with Gasteiger partial charge in [-0.25, -0.2) is 0 Å². The van der Waals surface area contributed by atoms with Gasteiger partial charge in [0.05, 0.1) is 25.4 Å². The van der Waals surface area contributed by atoms with Crippen molar-refractivity contribution in [3.8, 4) is 0 Å². The van der Waals surface area contributed by atoms with Gasteiger partial charge in [-0.15, -0.1) is 0 Å². The van der Waals surface area contributed by atoms with Gasteiger partial charge in [-0.05, 0) is 18.4 Å². The number of carbonyl (C=O) groups excluding carboxylic acids is 1. The Morgan fingerprint density at radius 1 is 1.35 bits per heavy atom. The summed E-state index contributed by atoms with van der Waals surface area (Å²) >= 11 is 0. The smallest absolute Gasteiger partial charge is 0.224 e. The minimum atomic E-state index is -0.806. The number of amides is 1. The predicted molar refractivity (Wildman–Crippen MR) is 106 cm³/mol. The lowest BCUT2D eigenvalue weighted by atomic mass is 9.92. The molecule has 26 heavy (non-hydrogen) atoms. The molecule has 1 aromatic carbocycles. The second-order valence-corrected chi connectivity index (χ2v) is 8.09. The molecule has 2 heterocycles. The summed E-state index contributed by atoms with van der Waals surface area (Å²) < 4.78 is 7.20. The molecule has 4 rings (SSSR count). The lowest BCUT2D eigenvalue weighted by Crippen LogP contribution is -2.52. The van der Waals surface area contributed by atoms with Crippen LogP contribution >= 0.6 is 0 Å². The molecule has 1 saturated carbocycles. The Morgan fingerprint density at radius 2 is 2.12 bits per heavy atom. The standard InChI is InChI=1S/C20H27BN2O3/c21-15-6-3-7-17-19(15)16(10-23(17)11-20(25)12-26-13-20)22-18(24)9-8-14-4-1-2-5-14/h3,6-7,10,14,25H,1-2,4-5,8-9,11-13,21H2,(H,22,24). The van der Waals surface area contributed by atoms with E-state index in [0.29, 0.717) is 26.2 Å². The summed E-state index contributed by atoms with van der Waals surface area (Å²) in [5.74, 6) is 0.807. The van der Waals surface area contributed by atoms with Crippen LogP contribution in [-0.2, 0) is 16.1 Å². The van der Waals surface area contributed by atoms with Gasteiger partial charge in [-0.3, -0.25) is 4.79 Å². The minimum absolute atomic E-state index is 0.0879. The van der Waals surface area contributed by atoms with Gasteiger partial charge in [-0.1, -0.05) is 43.3 Å². The fraction of sp³-hybridized carbons (Fsp3) is 0.550. The van der Waals surface area contributed by atoms with Gasteiger partial charge in [0.15, 0.2) is 0 Å². The highest BCUT2D eigenvalue weighted by Gasteiger charge is 2.37. The van der Waals surface area contributed by atoms with Crippen molar-refractivity contribution in [3.05, 3.63) is 24.4 Å². The number of hydrogen-bond donors (Lipinski definition) is 2. The third-order valence-corrected chi connectivity index (χ3v) is 5.85. The van der Waals surface area contributed by atoms with Crippen molar-refractivity contribution < 1.29 is 14.6 Å². The summed E-state index contributed by atoms with van der Waals surface area (Å²) in [5.41, 5.74) is 2.21. The fourth-order valence-electron chi connectivity index (χ4n) is 4.35. The number of fused-ring (bicyclic) bond motifs is 1. The molecule has 0 spiro atoms. The molecule has 6 heteroatoms. The molecule has 1 amide bonds. The first-order valence-corrected chi connectivity index (χ1v) is 9.72. The number of carbonyl (C=O) groups is 1. The van der Waals surface area contributed by atoms with Gasteiger partial charge in [0.25, 0.3) is 0 Å². The zero-order valence-corrected chi connectivity index (χ0v) is 15.5. The normalized spacial score (nSPS) is 19.6. The average molecular weight is 354 g/mol. The second-order valence-electron chi connectivity index (χ2n) is 8.09. The molecule has 2 aromatic rings. The number of rotatable bonds is 6. The van der Waals surface area contributed by atoms with Gasteiger partial charge in [0, 0.05) is 23.5 Å². The van der Waals surface area contributed by atoms with Crippen molar-refractivity contribution in [1.82, 2.24) is 4.57 Å². The maximum atomic E-state index is 12.5. The molecule has 0 atom stereocenters. The highest BCUT2D eigenvalue weighted by Crippen LogP contribution is 2.30. The number of benzene rings is 1. The predicted octanol–water partition coefficient (Wildman–Crippen LogP) is 1.57. The first kappa shape index (κ1) is 17.6. The van der Waals surface area contributed by atoms with Crippen LogP contribution in [0.4, 0.5) is 5.69 Å². The number of aliphatic hydroxyl groups is 1. The molecule has 2 aliphatic rings. The van der Waals surface area contributed by atoms with Crippen molar-refractivity contribution >= 4 is 35.8 Å². The zero-order chi connectivity index (χ0) is 18.1. The van der Waals surface area contributed by atoms with Crippen LogP contribution in [-0.4, -0.2) is 42.2 Å². The summed E-state index contributed by atoms with van der Waals surface area (Å²) in [5, 5.41) is 14.6. The second kappa shape index (κ2) is 7.08. The minimum Gasteiger partial charge on any atom is -0.383 e. The Balaban J connectivity index is 1.52. The number of nitrogens with zero attached hydrogens (tertiary/aromatic N) is 1. The third kappa shape index (κ3) is 3.53. The first-order valence-electron chi connectivity index (χ1n) is 9.72. The molecule has 0 unspecified atom stereocenters. The fourth-order valence-corrected chi connectivity index (χ4v) is 4.35. The maximum Gasteiger partial charge on any atom is 0.224 e. The molecule has 1 aliphatic carbocycles. The lowest BCUT2D eigenvalue weighted by Gasteiger charge is -2.36. The van der Waals surface area contributed by atoms with Crippen LogP contribution in [0.2, 0.25) is 0 Å². The van der Waals surface area contributed by atoms with E-state index < -0.39 is 5.60 Å². The van der Waals surface area contributed by atoms with E-state index in [9.17, 15) is 9.90 Å². The van der Waals surface area contributed by atoms with Gasteiger partial charge in [-0.2, -0.15) is 0 Å². The molecule has 1 saturated heterocycles. The van der Waals surface area contributed by atoms with Crippen molar-refractivity contribution in [2.45, 2.75) is 50.7 Å². The molecule has 1 aliphatic heterocycles. The van der Waals surface area contributed by atoms with E-state index in [0.717, 1.165) is 34.4 Å². The van der Waals surface area contributed by atoms with Crippen LogP contribution < -0.4 is 10.8 Å². The number of ether oxygens (including phenoxy) is 1. The molecule has 0 radical (unpaired) electrons. The Hall–Kier alpha value is -1.79. The summed E-state index contributed by atoms with van der Waals surface area (Å²) in [6.45, 7) is 1.20. The monoisotopic (exact) mass is 354 g/mol. The molecule has 1 aromatic heterocycles. The summed E-state index contributed by atoms with van der Waals surface area (Å²) in [4.78, 5) is 12.5. The Labute approximate surface area is 155 Å². The molecule has 5 nitrogen and oxygen atoms in total. The molecule has 2 fully saturated rings. The third-order valence-electron chi connectivity index (χ3n) is 5.85. The Kier molecular flexibility index (Phi) is 4.80. The van der Waals surface area contributed by atoms with E-state index in [1.165, 1.54) is 25.7 Å². The van der Waals surface area contributed by atoms with Crippen LogP contribution in [0.25, 0.3) is 10.9 Å². The molecule has 2 N–H and O–H groups in total. The van der Waals surface area contributed by atoms with Gasteiger partial charge < -0.3 is 19.7 Å². The molecular weight excluding hydrogens is 327 g/mol. The maximum absolute atomic E-state index is 12.5. The van der Waals surface area contributed by atoms with Crippen molar-refractivity contribution in [3.63, 3.8) is 0 Å². The average Bonchev–Trinajstić information content (AvgIpc) is 3.21. The van der Waals surface area contributed by atoms with Crippen LogP contribution in [0.15, 0.2) is 24.4 Å². The van der Waals surface area contributed by atoms with Crippen LogP contribution in [0, 0.1) is 5.92 Å². The van der Waals surface area contributed by atoms with Crippen molar-refractivity contribution in [1.29, 1.82) is 0 Å². The summed E-state index contributed by atoms with van der Waals surface area (Å²) in [7, 11) is 2.06. The van der Waals surface area contributed by atoms with E-state index in [1.807, 2.05) is 22.9 Å². The van der Waals surface area contributed by atoms with E-state index in [4.69, 9.17) is 4.74 Å². The van der Waals surface area contributed by atoms with E-state index in [2.05, 4.69) is 19.2 Å². The number of hydrogen-bond acceptors (Lipinski definition) is 3. The van der Waals surface area contributed by atoms with Gasteiger partial charge >= 0.3 is 0 Å². The van der Waals surface area contributed by atoms with Crippen LogP contribution in [0.5, 0.6) is 0 Å². The van der Waals surface area contributed by atoms with E-state index in [-0.39, 0.29) is 5.91 Å². The lowest BCUT2D eigenvalue weighted by molar-refractivity contribution is -0.184.